The Bertz CT molecular complexity index is 1020. The predicted octanol–water partition coefficient (Wildman–Crippen LogP) is 3.77. The average Bonchev–Trinajstić information content (AvgIpc) is 3.11. The number of thiophene rings is 1. The third-order valence-electron chi connectivity index (χ3n) is 5.70. The van der Waals surface area contributed by atoms with Crippen molar-refractivity contribution in [3.05, 3.63) is 52.2 Å². The molecular formula is C23H29N5OS. The maximum absolute atomic E-state index is 12.9. The van der Waals surface area contributed by atoms with Gasteiger partial charge in [0.25, 0.3) is 5.91 Å². The lowest BCUT2D eigenvalue weighted by Crippen LogP contribution is -2.46. The standard InChI is InChI=1S/C23H29N5OS/c1-4-9-27-10-12-28(13-11-27)21-19-17(3)20(30-23(19)26-15-25-21)22(29)24-14-18-7-5-16(2)6-8-18/h5-8,15H,4,9-14H2,1-3H3,(H,24,29). The van der Waals surface area contributed by atoms with Crippen molar-refractivity contribution in [2.45, 2.75) is 33.7 Å². The topological polar surface area (TPSA) is 61.4 Å². The van der Waals surface area contributed by atoms with Crippen molar-refractivity contribution < 1.29 is 4.79 Å². The maximum Gasteiger partial charge on any atom is 0.261 e. The van der Waals surface area contributed by atoms with Gasteiger partial charge in [0, 0.05) is 32.7 Å². The van der Waals surface area contributed by atoms with Crippen molar-refractivity contribution in [2.24, 2.45) is 0 Å². The molecule has 1 aromatic carbocycles. The molecule has 0 bridgehead atoms. The van der Waals surface area contributed by atoms with Crippen molar-refractivity contribution in [1.29, 1.82) is 0 Å². The number of carbonyl (C=O) groups is 1. The zero-order valence-corrected chi connectivity index (χ0v) is 18.8. The van der Waals surface area contributed by atoms with Crippen LogP contribution in [0, 0.1) is 13.8 Å². The van der Waals surface area contributed by atoms with Crippen molar-refractivity contribution in [1.82, 2.24) is 20.2 Å². The van der Waals surface area contributed by atoms with E-state index in [4.69, 9.17) is 0 Å². The summed E-state index contributed by atoms with van der Waals surface area (Å²) in [5, 5.41) is 4.08. The van der Waals surface area contributed by atoms with E-state index < -0.39 is 0 Å². The number of carbonyl (C=O) groups excluding carboxylic acids is 1. The fraction of sp³-hybridized carbons (Fsp3) is 0.435. The van der Waals surface area contributed by atoms with Crippen molar-refractivity contribution in [3.8, 4) is 0 Å². The Morgan fingerprint density at radius 3 is 2.53 bits per heavy atom. The number of amides is 1. The van der Waals surface area contributed by atoms with Gasteiger partial charge in [0.1, 0.15) is 17.0 Å². The van der Waals surface area contributed by atoms with Crippen LogP contribution in [0.15, 0.2) is 30.6 Å². The summed E-state index contributed by atoms with van der Waals surface area (Å²) >= 11 is 1.46. The second kappa shape index (κ2) is 9.10. The molecule has 0 spiro atoms. The molecule has 1 aliphatic rings. The van der Waals surface area contributed by atoms with Crippen molar-refractivity contribution in [2.75, 3.05) is 37.6 Å². The number of fused-ring (bicyclic) bond motifs is 1. The summed E-state index contributed by atoms with van der Waals surface area (Å²) in [6, 6.07) is 8.23. The number of rotatable bonds is 6. The van der Waals surface area contributed by atoms with E-state index in [9.17, 15) is 4.79 Å². The van der Waals surface area contributed by atoms with Gasteiger partial charge >= 0.3 is 0 Å². The minimum Gasteiger partial charge on any atom is -0.353 e. The molecule has 158 valence electrons. The molecule has 0 atom stereocenters. The van der Waals surface area contributed by atoms with Crippen LogP contribution in [-0.2, 0) is 6.54 Å². The van der Waals surface area contributed by atoms with Gasteiger partial charge in [-0.3, -0.25) is 9.69 Å². The van der Waals surface area contributed by atoms with Crippen molar-refractivity contribution >= 4 is 33.3 Å². The van der Waals surface area contributed by atoms with Gasteiger partial charge < -0.3 is 10.2 Å². The van der Waals surface area contributed by atoms with Crippen molar-refractivity contribution in [3.63, 3.8) is 0 Å². The lowest BCUT2D eigenvalue weighted by molar-refractivity contribution is 0.0954. The fourth-order valence-electron chi connectivity index (χ4n) is 3.98. The van der Waals surface area contributed by atoms with E-state index in [-0.39, 0.29) is 5.91 Å². The summed E-state index contributed by atoms with van der Waals surface area (Å²) in [5.41, 5.74) is 3.29. The lowest BCUT2D eigenvalue weighted by Gasteiger charge is -2.35. The Kier molecular flexibility index (Phi) is 6.29. The molecule has 0 radical (unpaired) electrons. The van der Waals surface area contributed by atoms with Crippen LogP contribution in [0.4, 0.5) is 5.82 Å². The zero-order chi connectivity index (χ0) is 21.1. The van der Waals surface area contributed by atoms with Crippen LogP contribution in [-0.4, -0.2) is 53.5 Å². The normalized spacial score (nSPS) is 15.0. The Labute approximate surface area is 181 Å². The maximum atomic E-state index is 12.9. The molecule has 3 heterocycles. The molecular weight excluding hydrogens is 394 g/mol. The monoisotopic (exact) mass is 423 g/mol. The highest BCUT2D eigenvalue weighted by molar-refractivity contribution is 7.20. The highest BCUT2D eigenvalue weighted by atomic mass is 32.1. The number of nitrogens with zero attached hydrogens (tertiary/aromatic N) is 4. The molecule has 3 aromatic rings. The smallest absolute Gasteiger partial charge is 0.261 e. The number of nitrogens with one attached hydrogen (secondary N) is 1. The van der Waals surface area contributed by atoms with Crippen LogP contribution in [0.5, 0.6) is 0 Å². The molecule has 4 rings (SSSR count). The van der Waals surface area contributed by atoms with E-state index in [0.29, 0.717) is 6.54 Å². The van der Waals surface area contributed by atoms with Crippen LogP contribution < -0.4 is 10.2 Å². The Morgan fingerprint density at radius 1 is 1.10 bits per heavy atom. The lowest BCUT2D eigenvalue weighted by atomic mass is 10.1. The van der Waals surface area contributed by atoms with Crippen LogP contribution in [0.1, 0.15) is 39.7 Å². The summed E-state index contributed by atoms with van der Waals surface area (Å²) in [5.74, 6) is 0.914. The molecule has 0 saturated carbocycles. The molecule has 1 N–H and O–H groups in total. The van der Waals surface area contributed by atoms with Gasteiger partial charge in [-0.25, -0.2) is 9.97 Å². The van der Waals surface area contributed by atoms with Gasteiger partial charge in [0.2, 0.25) is 0 Å². The SMILES string of the molecule is CCCN1CCN(c2ncnc3sc(C(=O)NCc4ccc(C)cc4)c(C)c23)CC1. The quantitative estimate of drug-likeness (QED) is 0.654. The predicted molar refractivity (Wildman–Crippen MR) is 123 cm³/mol. The molecule has 0 unspecified atom stereocenters. The van der Waals surface area contributed by atoms with Crippen LogP contribution >= 0.6 is 11.3 Å². The number of benzene rings is 1. The van der Waals surface area contributed by atoms with E-state index in [2.05, 4.69) is 63.2 Å². The van der Waals surface area contributed by atoms with Crippen LogP contribution in [0.2, 0.25) is 0 Å². The molecule has 0 aliphatic carbocycles. The summed E-state index contributed by atoms with van der Waals surface area (Å²) in [7, 11) is 0. The number of hydrogen-bond donors (Lipinski definition) is 1. The summed E-state index contributed by atoms with van der Waals surface area (Å²) in [6.45, 7) is 12.0. The van der Waals surface area contributed by atoms with E-state index in [0.717, 1.165) is 64.8 Å². The number of anilines is 1. The number of aryl methyl sites for hydroxylation is 2. The third-order valence-corrected chi connectivity index (χ3v) is 6.90. The average molecular weight is 424 g/mol. The first-order chi connectivity index (χ1) is 14.6. The molecule has 1 aliphatic heterocycles. The third kappa shape index (κ3) is 4.32. The second-order valence-electron chi connectivity index (χ2n) is 7.93. The summed E-state index contributed by atoms with van der Waals surface area (Å²) in [6.07, 6.45) is 2.81. The van der Waals surface area contributed by atoms with Gasteiger partial charge in [0.15, 0.2) is 0 Å². The van der Waals surface area contributed by atoms with Gasteiger partial charge in [-0.2, -0.15) is 0 Å². The largest absolute Gasteiger partial charge is 0.353 e. The first-order valence-corrected chi connectivity index (χ1v) is 11.4. The van der Waals surface area contributed by atoms with E-state index in [1.54, 1.807) is 6.33 Å². The highest BCUT2D eigenvalue weighted by Gasteiger charge is 2.24. The molecule has 30 heavy (non-hydrogen) atoms. The first-order valence-electron chi connectivity index (χ1n) is 10.6. The Morgan fingerprint density at radius 2 is 1.83 bits per heavy atom. The fourth-order valence-corrected chi connectivity index (χ4v) is 5.04. The molecule has 1 saturated heterocycles. The second-order valence-corrected chi connectivity index (χ2v) is 8.93. The molecule has 1 fully saturated rings. The minimum absolute atomic E-state index is 0.0465. The molecule has 2 aromatic heterocycles. The van der Waals surface area contributed by atoms with Gasteiger partial charge in [0.05, 0.1) is 10.3 Å². The Hall–Kier alpha value is -2.51. The number of aromatic nitrogens is 2. The van der Waals surface area contributed by atoms with Gasteiger partial charge in [-0.1, -0.05) is 36.8 Å². The number of hydrogen-bond acceptors (Lipinski definition) is 6. The Balaban J connectivity index is 1.53. The van der Waals surface area contributed by atoms with Crippen LogP contribution in [0.3, 0.4) is 0 Å². The van der Waals surface area contributed by atoms with Crippen LogP contribution in [0.25, 0.3) is 10.2 Å². The van der Waals surface area contributed by atoms with Gasteiger partial charge in [-0.05, 0) is 37.9 Å². The molecule has 1 amide bonds. The van der Waals surface area contributed by atoms with E-state index >= 15 is 0 Å². The molecule has 7 heteroatoms. The zero-order valence-electron chi connectivity index (χ0n) is 17.9. The summed E-state index contributed by atoms with van der Waals surface area (Å²) < 4.78 is 0. The van der Waals surface area contributed by atoms with Gasteiger partial charge in [-0.15, -0.1) is 11.3 Å². The van der Waals surface area contributed by atoms with E-state index in [1.165, 1.54) is 23.3 Å². The highest BCUT2D eigenvalue weighted by Crippen LogP contribution is 2.35. The van der Waals surface area contributed by atoms with E-state index in [1.807, 2.05) is 6.92 Å². The minimum atomic E-state index is -0.0465. The number of piperazine rings is 1. The first kappa shape index (κ1) is 20.8. The molecule has 6 nitrogen and oxygen atoms in total. The summed E-state index contributed by atoms with van der Waals surface area (Å²) in [4.78, 5) is 28.4.